The van der Waals surface area contributed by atoms with E-state index in [0.717, 1.165) is 13.0 Å². The Labute approximate surface area is 229 Å². The molecule has 6 nitrogen and oxygen atoms in total. The van der Waals surface area contributed by atoms with Crippen molar-refractivity contribution in [3.8, 4) is 0 Å². The van der Waals surface area contributed by atoms with Gasteiger partial charge in [-0.05, 0) is 27.2 Å². The van der Waals surface area contributed by atoms with Gasteiger partial charge in [0.2, 0.25) is 0 Å². The smallest absolute Gasteiger partial charge is 0.308 e. The first-order chi connectivity index (χ1) is 18.0. The molecular formula is C31H62O6. The van der Waals surface area contributed by atoms with Crippen LogP contribution in [0.2, 0.25) is 0 Å². The Hall–Kier alpha value is -0.690. The van der Waals surface area contributed by atoms with E-state index < -0.39 is 5.60 Å². The van der Waals surface area contributed by atoms with Crippen LogP contribution in [0.5, 0.6) is 0 Å². The molecule has 0 rings (SSSR count). The lowest BCUT2D eigenvalue weighted by molar-refractivity contribution is -0.156. The number of carbonyl (C=O) groups is 1. The highest BCUT2D eigenvalue weighted by molar-refractivity contribution is 5.69. The van der Waals surface area contributed by atoms with Crippen molar-refractivity contribution in [2.24, 2.45) is 0 Å². The summed E-state index contributed by atoms with van der Waals surface area (Å²) >= 11 is 0. The molecule has 0 spiro atoms. The van der Waals surface area contributed by atoms with Gasteiger partial charge >= 0.3 is 5.97 Å². The van der Waals surface area contributed by atoms with Crippen LogP contribution in [-0.4, -0.2) is 64.4 Å². The molecule has 0 aliphatic rings. The van der Waals surface area contributed by atoms with Crippen molar-refractivity contribution < 1.29 is 28.5 Å². The van der Waals surface area contributed by atoms with Crippen LogP contribution in [0, 0.1) is 0 Å². The molecule has 0 unspecified atom stereocenters. The number of ether oxygens (including phenoxy) is 5. The molecule has 0 amide bonds. The molecule has 6 heteroatoms. The van der Waals surface area contributed by atoms with Crippen LogP contribution in [0.15, 0.2) is 0 Å². The minimum atomic E-state index is -0.448. The van der Waals surface area contributed by atoms with Gasteiger partial charge in [-0.25, -0.2) is 0 Å². The van der Waals surface area contributed by atoms with E-state index in [0.29, 0.717) is 46.2 Å². The monoisotopic (exact) mass is 530 g/mol. The van der Waals surface area contributed by atoms with Gasteiger partial charge in [-0.1, -0.05) is 103 Å². The van der Waals surface area contributed by atoms with E-state index in [9.17, 15) is 4.79 Å². The van der Waals surface area contributed by atoms with Crippen LogP contribution in [-0.2, 0) is 28.5 Å². The maximum absolute atomic E-state index is 11.5. The van der Waals surface area contributed by atoms with E-state index in [-0.39, 0.29) is 12.4 Å². The molecule has 0 radical (unpaired) electrons. The molecule has 0 N–H and O–H groups in total. The minimum Gasteiger partial charge on any atom is -0.460 e. The molecule has 0 bridgehead atoms. The van der Waals surface area contributed by atoms with Crippen molar-refractivity contribution in [1.82, 2.24) is 0 Å². The Morgan fingerprint density at radius 3 is 1.16 bits per heavy atom. The first-order valence-electron chi connectivity index (χ1n) is 15.5. The van der Waals surface area contributed by atoms with E-state index >= 15 is 0 Å². The number of esters is 1. The van der Waals surface area contributed by atoms with Gasteiger partial charge in [0.25, 0.3) is 0 Å². The number of hydrogen-bond acceptors (Lipinski definition) is 6. The maximum atomic E-state index is 11.5. The standard InChI is InChI=1S/C31H62O6/c1-5-6-7-8-9-10-11-12-13-14-15-16-17-18-19-20-22-33-24-26-35-28-29-36-27-25-34-23-21-30(32)37-31(2,3)4/h5-29H2,1-4H3. The van der Waals surface area contributed by atoms with Crippen LogP contribution in [0.3, 0.4) is 0 Å². The molecule has 0 atom stereocenters. The second kappa shape index (κ2) is 28.3. The summed E-state index contributed by atoms with van der Waals surface area (Å²) in [6.07, 6.45) is 22.5. The molecule has 0 saturated carbocycles. The SMILES string of the molecule is CCCCCCCCCCCCCCCCCCOCCOCCOCCOCCC(=O)OC(C)(C)C. The van der Waals surface area contributed by atoms with Crippen LogP contribution in [0.25, 0.3) is 0 Å². The number of carbonyl (C=O) groups excluding carboxylic acids is 1. The summed E-state index contributed by atoms with van der Waals surface area (Å²) in [5.74, 6) is -0.237. The first-order valence-corrected chi connectivity index (χ1v) is 15.5. The third-order valence-electron chi connectivity index (χ3n) is 6.13. The fourth-order valence-electron chi connectivity index (χ4n) is 4.06. The molecule has 0 aromatic carbocycles. The third-order valence-corrected chi connectivity index (χ3v) is 6.13. The van der Waals surface area contributed by atoms with Gasteiger partial charge in [0.05, 0.1) is 52.7 Å². The minimum absolute atomic E-state index is 0.237. The molecule has 0 aliphatic heterocycles. The van der Waals surface area contributed by atoms with Gasteiger partial charge in [-0.15, -0.1) is 0 Å². The quantitative estimate of drug-likeness (QED) is 0.0720. The highest BCUT2D eigenvalue weighted by Crippen LogP contribution is 2.13. The van der Waals surface area contributed by atoms with Gasteiger partial charge in [-0.3, -0.25) is 4.79 Å². The molecule has 0 aliphatic carbocycles. The molecule has 0 aromatic rings. The van der Waals surface area contributed by atoms with Crippen molar-refractivity contribution in [1.29, 1.82) is 0 Å². The lowest BCUT2D eigenvalue weighted by Crippen LogP contribution is -2.24. The zero-order valence-corrected chi connectivity index (χ0v) is 25.1. The number of hydrogen-bond donors (Lipinski definition) is 0. The Balaban J connectivity index is 3.09. The van der Waals surface area contributed by atoms with Crippen molar-refractivity contribution in [3.63, 3.8) is 0 Å². The molecule has 0 heterocycles. The van der Waals surface area contributed by atoms with Crippen LogP contribution in [0.1, 0.15) is 137 Å². The predicted molar refractivity (Wildman–Crippen MR) is 153 cm³/mol. The van der Waals surface area contributed by atoms with Crippen LogP contribution < -0.4 is 0 Å². The van der Waals surface area contributed by atoms with E-state index in [4.69, 9.17) is 23.7 Å². The molecule has 0 fully saturated rings. The lowest BCUT2D eigenvalue weighted by Gasteiger charge is -2.19. The topological polar surface area (TPSA) is 63.2 Å². The summed E-state index contributed by atoms with van der Waals surface area (Å²) in [5.41, 5.74) is -0.448. The van der Waals surface area contributed by atoms with Gasteiger partial charge < -0.3 is 23.7 Å². The van der Waals surface area contributed by atoms with Crippen molar-refractivity contribution in [3.05, 3.63) is 0 Å². The Kier molecular flexibility index (Phi) is 27.8. The predicted octanol–water partition coefficient (Wildman–Crippen LogP) is 8.05. The van der Waals surface area contributed by atoms with Crippen LogP contribution >= 0.6 is 0 Å². The highest BCUT2D eigenvalue weighted by Gasteiger charge is 2.15. The third kappa shape index (κ3) is 33.3. The van der Waals surface area contributed by atoms with Gasteiger partial charge in [0.15, 0.2) is 0 Å². The van der Waals surface area contributed by atoms with Gasteiger partial charge in [0, 0.05) is 6.61 Å². The van der Waals surface area contributed by atoms with E-state index in [1.54, 1.807) is 0 Å². The maximum Gasteiger partial charge on any atom is 0.308 e. The Morgan fingerprint density at radius 2 is 0.784 bits per heavy atom. The Morgan fingerprint density at radius 1 is 0.459 bits per heavy atom. The summed E-state index contributed by atoms with van der Waals surface area (Å²) in [6.45, 7) is 12.3. The molecule has 222 valence electrons. The molecule has 37 heavy (non-hydrogen) atoms. The highest BCUT2D eigenvalue weighted by atomic mass is 16.6. The Bertz CT molecular complexity index is 463. The fraction of sp³-hybridized carbons (Fsp3) is 0.968. The number of unbranched alkanes of at least 4 members (excludes halogenated alkanes) is 15. The molecule has 0 saturated heterocycles. The first kappa shape index (κ1) is 36.3. The summed E-state index contributed by atoms with van der Waals surface area (Å²) < 4.78 is 27.2. The molecule has 0 aromatic heterocycles. The van der Waals surface area contributed by atoms with Crippen molar-refractivity contribution in [2.75, 3.05) is 52.9 Å². The van der Waals surface area contributed by atoms with Crippen molar-refractivity contribution >= 4 is 5.97 Å². The average Bonchev–Trinajstić information content (AvgIpc) is 2.84. The van der Waals surface area contributed by atoms with Crippen LogP contribution in [0.4, 0.5) is 0 Å². The summed E-state index contributed by atoms with van der Waals surface area (Å²) in [7, 11) is 0. The normalized spacial score (nSPS) is 11.8. The summed E-state index contributed by atoms with van der Waals surface area (Å²) in [6, 6.07) is 0. The van der Waals surface area contributed by atoms with Gasteiger partial charge in [0.1, 0.15) is 5.60 Å². The summed E-state index contributed by atoms with van der Waals surface area (Å²) in [5, 5.41) is 0. The van der Waals surface area contributed by atoms with Gasteiger partial charge in [-0.2, -0.15) is 0 Å². The fourth-order valence-corrected chi connectivity index (χ4v) is 4.06. The summed E-state index contributed by atoms with van der Waals surface area (Å²) in [4.78, 5) is 11.5. The van der Waals surface area contributed by atoms with E-state index in [2.05, 4.69) is 6.92 Å². The average molecular weight is 531 g/mol. The molecular weight excluding hydrogens is 468 g/mol. The van der Waals surface area contributed by atoms with Crippen molar-refractivity contribution in [2.45, 2.75) is 142 Å². The lowest BCUT2D eigenvalue weighted by atomic mass is 10.0. The second-order valence-corrected chi connectivity index (χ2v) is 11.1. The van der Waals surface area contributed by atoms with E-state index in [1.165, 1.54) is 96.3 Å². The largest absolute Gasteiger partial charge is 0.460 e. The zero-order valence-electron chi connectivity index (χ0n) is 25.1. The second-order valence-electron chi connectivity index (χ2n) is 11.1. The van der Waals surface area contributed by atoms with E-state index in [1.807, 2.05) is 20.8 Å². The zero-order chi connectivity index (χ0) is 27.3. The number of rotatable bonds is 29.